The van der Waals surface area contributed by atoms with Crippen molar-refractivity contribution in [1.82, 2.24) is 0 Å². The lowest BCUT2D eigenvalue weighted by Crippen LogP contribution is -2.15. The molecule has 0 saturated heterocycles. The van der Waals surface area contributed by atoms with Crippen LogP contribution >= 0.6 is 0 Å². The number of nitrogens with one attached hydrogen (secondary N) is 1. The van der Waals surface area contributed by atoms with E-state index in [1.807, 2.05) is 0 Å². The number of benzene rings is 2. The van der Waals surface area contributed by atoms with Gasteiger partial charge in [0.05, 0.1) is 12.8 Å². The maximum absolute atomic E-state index is 13.5. The molecular weight excluding hydrogens is 288 g/mol. The highest BCUT2D eigenvalue weighted by Gasteiger charge is 2.20. The standard InChI is InChI=1S/C13H11F2NO3S/c1-19-12-4-2-3-5-13(12)20(17,18)16-11-7-6-9(14)8-10(11)15/h2-8,16H,1H3. The molecule has 7 heteroatoms. The Bertz CT molecular complexity index is 732. The van der Waals surface area contributed by atoms with Crippen LogP contribution in [0.2, 0.25) is 0 Å². The van der Waals surface area contributed by atoms with Gasteiger partial charge in [-0.2, -0.15) is 0 Å². The maximum atomic E-state index is 13.5. The van der Waals surface area contributed by atoms with E-state index in [0.29, 0.717) is 6.07 Å². The molecule has 1 N–H and O–H groups in total. The number of halogens is 2. The highest BCUT2D eigenvalue weighted by molar-refractivity contribution is 7.92. The van der Waals surface area contributed by atoms with Gasteiger partial charge in [0.15, 0.2) is 0 Å². The quantitative estimate of drug-likeness (QED) is 0.944. The molecule has 0 fully saturated rings. The number of sulfonamides is 1. The summed E-state index contributed by atoms with van der Waals surface area (Å²) in [5.74, 6) is -1.66. The SMILES string of the molecule is COc1ccccc1S(=O)(=O)Nc1ccc(F)cc1F. The molecule has 2 aromatic carbocycles. The first kappa shape index (κ1) is 14.3. The van der Waals surface area contributed by atoms with E-state index in [1.54, 1.807) is 6.07 Å². The predicted octanol–water partition coefficient (Wildman–Crippen LogP) is 2.77. The highest BCUT2D eigenvalue weighted by atomic mass is 32.2. The van der Waals surface area contributed by atoms with Crippen LogP contribution in [0.4, 0.5) is 14.5 Å². The Morgan fingerprint density at radius 3 is 2.45 bits per heavy atom. The fourth-order valence-corrected chi connectivity index (χ4v) is 2.85. The van der Waals surface area contributed by atoms with Gasteiger partial charge in [0, 0.05) is 6.07 Å². The molecule has 4 nitrogen and oxygen atoms in total. The fraction of sp³-hybridized carbons (Fsp3) is 0.0769. The monoisotopic (exact) mass is 299 g/mol. The predicted molar refractivity (Wildman–Crippen MR) is 70.2 cm³/mol. The molecule has 0 heterocycles. The van der Waals surface area contributed by atoms with E-state index in [2.05, 4.69) is 4.72 Å². The Morgan fingerprint density at radius 2 is 1.80 bits per heavy atom. The minimum Gasteiger partial charge on any atom is -0.495 e. The Morgan fingerprint density at radius 1 is 1.10 bits per heavy atom. The summed E-state index contributed by atoms with van der Waals surface area (Å²) in [6, 6.07) is 8.48. The third-order valence-electron chi connectivity index (χ3n) is 2.53. The van der Waals surface area contributed by atoms with E-state index >= 15 is 0 Å². The Balaban J connectivity index is 2.41. The minimum atomic E-state index is -4.03. The van der Waals surface area contributed by atoms with Crippen LogP contribution in [0.1, 0.15) is 0 Å². The fourth-order valence-electron chi connectivity index (χ4n) is 1.61. The minimum absolute atomic E-state index is 0.127. The molecule has 0 unspecified atom stereocenters. The van der Waals surface area contributed by atoms with E-state index in [9.17, 15) is 17.2 Å². The summed E-state index contributed by atoms with van der Waals surface area (Å²) in [4.78, 5) is -0.133. The highest BCUT2D eigenvalue weighted by Crippen LogP contribution is 2.26. The smallest absolute Gasteiger partial charge is 0.265 e. The molecule has 0 aliphatic heterocycles. The Hall–Kier alpha value is -2.15. The average Bonchev–Trinajstić information content (AvgIpc) is 2.42. The van der Waals surface area contributed by atoms with E-state index in [4.69, 9.17) is 4.74 Å². The molecule has 106 valence electrons. The number of rotatable bonds is 4. The molecule has 2 aromatic rings. The van der Waals surface area contributed by atoms with Gasteiger partial charge in [0.25, 0.3) is 10.0 Å². The second-order valence-electron chi connectivity index (χ2n) is 3.88. The Kier molecular flexibility index (Phi) is 3.89. The lowest BCUT2D eigenvalue weighted by molar-refractivity contribution is 0.403. The van der Waals surface area contributed by atoms with Gasteiger partial charge in [-0.15, -0.1) is 0 Å². The normalized spacial score (nSPS) is 11.2. The summed E-state index contributed by atoms with van der Waals surface area (Å²) < 4.78 is 57.6. The number of ether oxygens (including phenoxy) is 1. The van der Waals surface area contributed by atoms with Gasteiger partial charge in [0.2, 0.25) is 0 Å². The molecule has 0 radical (unpaired) electrons. The van der Waals surface area contributed by atoms with Crippen molar-refractivity contribution in [1.29, 1.82) is 0 Å². The molecule has 0 aromatic heterocycles. The second kappa shape index (κ2) is 5.46. The van der Waals surface area contributed by atoms with Crippen LogP contribution < -0.4 is 9.46 Å². The number of anilines is 1. The third-order valence-corrected chi connectivity index (χ3v) is 3.94. The first-order valence-corrected chi connectivity index (χ1v) is 7.03. The zero-order valence-corrected chi connectivity index (χ0v) is 11.2. The van der Waals surface area contributed by atoms with Crippen molar-refractivity contribution in [2.24, 2.45) is 0 Å². The van der Waals surface area contributed by atoms with Gasteiger partial charge in [-0.1, -0.05) is 12.1 Å². The van der Waals surface area contributed by atoms with Crippen LogP contribution in [0.15, 0.2) is 47.4 Å². The van der Waals surface area contributed by atoms with E-state index in [-0.39, 0.29) is 16.3 Å². The summed E-state index contributed by atoms with van der Waals surface area (Å²) in [5.41, 5.74) is -0.336. The van der Waals surface area contributed by atoms with Gasteiger partial charge in [-0.05, 0) is 24.3 Å². The number of hydrogen-bond acceptors (Lipinski definition) is 3. The largest absolute Gasteiger partial charge is 0.495 e. The van der Waals surface area contributed by atoms with Crippen molar-refractivity contribution < 1.29 is 21.9 Å². The van der Waals surface area contributed by atoms with Crippen molar-refractivity contribution >= 4 is 15.7 Å². The Labute approximate surface area is 115 Å². The summed E-state index contributed by atoms with van der Waals surface area (Å²) >= 11 is 0. The maximum Gasteiger partial charge on any atom is 0.265 e. The first-order chi connectivity index (χ1) is 9.44. The third kappa shape index (κ3) is 2.88. The first-order valence-electron chi connectivity index (χ1n) is 5.55. The van der Waals surface area contributed by atoms with Gasteiger partial charge in [-0.3, -0.25) is 4.72 Å². The molecule has 0 amide bonds. The molecule has 0 saturated carbocycles. The summed E-state index contributed by atoms with van der Waals surface area (Å²) in [5, 5.41) is 0. The van der Waals surface area contributed by atoms with Crippen LogP contribution in [0.25, 0.3) is 0 Å². The van der Waals surface area contributed by atoms with E-state index in [1.165, 1.54) is 25.3 Å². The molecule has 0 aliphatic carbocycles. The van der Waals surface area contributed by atoms with Crippen LogP contribution in [-0.2, 0) is 10.0 Å². The zero-order chi connectivity index (χ0) is 14.8. The lowest BCUT2D eigenvalue weighted by atomic mass is 10.3. The molecular formula is C13H11F2NO3S. The van der Waals surface area contributed by atoms with Gasteiger partial charge >= 0.3 is 0 Å². The van der Waals surface area contributed by atoms with Gasteiger partial charge in [-0.25, -0.2) is 17.2 Å². The van der Waals surface area contributed by atoms with E-state index < -0.39 is 21.7 Å². The topological polar surface area (TPSA) is 55.4 Å². The molecule has 0 aliphatic rings. The van der Waals surface area contributed by atoms with Crippen LogP contribution in [0.5, 0.6) is 5.75 Å². The van der Waals surface area contributed by atoms with Gasteiger partial charge < -0.3 is 4.74 Å². The zero-order valence-electron chi connectivity index (χ0n) is 10.4. The number of hydrogen-bond donors (Lipinski definition) is 1. The van der Waals surface area contributed by atoms with Crippen molar-refractivity contribution in [3.63, 3.8) is 0 Å². The number of methoxy groups -OCH3 is 1. The summed E-state index contributed by atoms with van der Waals surface area (Å²) in [7, 11) is -2.70. The second-order valence-corrected chi connectivity index (χ2v) is 5.53. The summed E-state index contributed by atoms with van der Waals surface area (Å²) in [6.07, 6.45) is 0. The number of para-hydroxylation sites is 1. The van der Waals surface area contributed by atoms with Crippen LogP contribution in [0, 0.1) is 11.6 Å². The van der Waals surface area contributed by atoms with Crippen LogP contribution in [-0.4, -0.2) is 15.5 Å². The van der Waals surface area contributed by atoms with Crippen molar-refractivity contribution in [3.05, 3.63) is 54.1 Å². The molecule has 0 atom stereocenters. The summed E-state index contributed by atoms with van der Waals surface area (Å²) in [6.45, 7) is 0. The van der Waals surface area contributed by atoms with Crippen LogP contribution in [0.3, 0.4) is 0 Å². The van der Waals surface area contributed by atoms with Gasteiger partial charge in [0.1, 0.15) is 22.3 Å². The van der Waals surface area contributed by atoms with Crippen molar-refractivity contribution in [2.45, 2.75) is 4.90 Å². The molecule has 20 heavy (non-hydrogen) atoms. The lowest BCUT2D eigenvalue weighted by Gasteiger charge is -2.11. The molecule has 2 rings (SSSR count). The average molecular weight is 299 g/mol. The molecule has 0 bridgehead atoms. The van der Waals surface area contributed by atoms with Crippen molar-refractivity contribution in [3.8, 4) is 5.75 Å². The van der Waals surface area contributed by atoms with E-state index in [0.717, 1.165) is 12.1 Å². The van der Waals surface area contributed by atoms with Crippen molar-refractivity contribution in [2.75, 3.05) is 11.8 Å². The molecule has 0 spiro atoms.